The van der Waals surface area contributed by atoms with Crippen LogP contribution >= 0.6 is 0 Å². The molecule has 1 unspecified atom stereocenters. The zero-order valence-corrected chi connectivity index (χ0v) is 23.4. The molecule has 0 radical (unpaired) electrons. The van der Waals surface area contributed by atoms with Gasteiger partial charge in [-0.05, 0) is 86.7 Å². The van der Waals surface area contributed by atoms with Crippen molar-refractivity contribution >= 4 is 27.3 Å². The van der Waals surface area contributed by atoms with Crippen LogP contribution in [0.15, 0.2) is 77.7 Å². The standard InChI is InChI=1S/C30H37N3O4S/c1-22-5-9-27(10-6-22)33(38(35,36)29-15-13-28(37-4)14-16-29)21-30(34)31-24(3)25-7-11-26(12-8-25)32-19-17-23(2)18-20-32/h5-16,23-24H,17-21H2,1-4H3,(H,31,34). The van der Waals surface area contributed by atoms with Crippen molar-refractivity contribution in [3.63, 3.8) is 0 Å². The second-order valence-corrected chi connectivity index (χ2v) is 11.9. The highest BCUT2D eigenvalue weighted by Crippen LogP contribution is 2.27. The molecule has 1 aliphatic rings. The Balaban J connectivity index is 1.49. The Hall–Kier alpha value is -3.52. The maximum Gasteiger partial charge on any atom is 0.264 e. The highest BCUT2D eigenvalue weighted by atomic mass is 32.2. The third-order valence-electron chi connectivity index (χ3n) is 7.18. The van der Waals surface area contributed by atoms with Crippen molar-refractivity contribution < 1.29 is 17.9 Å². The van der Waals surface area contributed by atoms with Gasteiger partial charge >= 0.3 is 0 Å². The monoisotopic (exact) mass is 535 g/mol. The summed E-state index contributed by atoms with van der Waals surface area (Å²) < 4.78 is 33.5. The van der Waals surface area contributed by atoms with Gasteiger partial charge in [0.1, 0.15) is 12.3 Å². The Morgan fingerprint density at radius 3 is 2.18 bits per heavy atom. The Morgan fingerprint density at radius 1 is 1.00 bits per heavy atom. The zero-order chi connectivity index (χ0) is 27.3. The van der Waals surface area contributed by atoms with Crippen molar-refractivity contribution in [3.8, 4) is 5.75 Å². The van der Waals surface area contributed by atoms with E-state index in [2.05, 4.69) is 29.3 Å². The second kappa shape index (κ2) is 11.9. The van der Waals surface area contributed by atoms with Gasteiger partial charge in [-0.2, -0.15) is 0 Å². The van der Waals surface area contributed by atoms with Crippen molar-refractivity contribution in [3.05, 3.63) is 83.9 Å². The number of amides is 1. The molecule has 3 aromatic carbocycles. The molecule has 1 heterocycles. The maximum atomic E-state index is 13.6. The predicted octanol–water partition coefficient (Wildman–Crippen LogP) is 5.31. The van der Waals surface area contributed by atoms with Crippen LogP contribution in [-0.4, -0.2) is 41.1 Å². The van der Waals surface area contributed by atoms with Gasteiger partial charge in [0, 0.05) is 18.8 Å². The molecular weight excluding hydrogens is 498 g/mol. The molecule has 0 spiro atoms. The van der Waals surface area contributed by atoms with Gasteiger partial charge in [-0.15, -0.1) is 0 Å². The summed E-state index contributed by atoms with van der Waals surface area (Å²) >= 11 is 0. The van der Waals surface area contributed by atoms with Crippen LogP contribution in [0.25, 0.3) is 0 Å². The minimum atomic E-state index is -4.00. The van der Waals surface area contributed by atoms with Crippen LogP contribution in [0.5, 0.6) is 5.75 Å². The summed E-state index contributed by atoms with van der Waals surface area (Å²) in [5.74, 6) is 0.941. The summed E-state index contributed by atoms with van der Waals surface area (Å²) in [4.78, 5) is 15.6. The van der Waals surface area contributed by atoms with Gasteiger partial charge in [0.2, 0.25) is 5.91 Å². The number of nitrogens with one attached hydrogen (secondary N) is 1. The number of rotatable bonds is 9. The number of ether oxygens (including phenoxy) is 1. The summed E-state index contributed by atoms with van der Waals surface area (Å²) in [7, 11) is -2.48. The van der Waals surface area contributed by atoms with Crippen molar-refractivity contribution in [1.82, 2.24) is 5.32 Å². The van der Waals surface area contributed by atoms with Gasteiger partial charge in [-0.1, -0.05) is 36.8 Å². The molecule has 202 valence electrons. The lowest BCUT2D eigenvalue weighted by molar-refractivity contribution is -0.120. The average Bonchev–Trinajstić information content (AvgIpc) is 2.93. The molecule has 0 bridgehead atoms. The number of hydrogen-bond donors (Lipinski definition) is 1. The molecule has 38 heavy (non-hydrogen) atoms. The van der Waals surface area contributed by atoms with Crippen LogP contribution in [0.2, 0.25) is 0 Å². The molecule has 1 amide bonds. The summed E-state index contributed by atoms with van der Waals surface area (Å²) in [5, 5.41) is 2.98. The molecule has 1 atom stereocenters. The van der Waals surface area contributed by atoms with Gasteiger partial charge in [-0.25, -0.2) is 8.42 Å². The van der Waals surface area contributed by atoms with Crippen LogP contribution in [0.1, 0.15) is 43.9 Å². The van der Waals surface area contributed by atoms with E-state index in [1.807, 2.05) is 38.1 Å². The number of piperidine rings is 1. The normalized spacial score (nSPS) is 15.1. The molecule has 1 saturated heterocycles. The SMILES string of the molecule is COc1ccc(S(=O)(=O)N(CC(=O)NC(C)c2ccc(N3CCC(C)CC3)cc2)c2ccc(C)cc2)cc1. The molecule has 3 aromatic rings. The quantitative estimate of drug-likeness (QED) is 0.402. The van der Waals surface area contributed by atoms with Gasteiger partial charge in [0.05, 0.1) is 23.7 Å². The molecule has 8 heteroatoms. The molecule has 1 N–H and O–H groups in total. The number of nitrogens with zero attached hydrogens (tertiary/aromatic N) is 2. The Bertz CT molecular complexity index is 1320. The lowest BCUT2D eigenvalue weighted by Crippen LogP contribution is -2.41. The molecule has 4 rings (SSSR count). The molecule has 0 saturated carbocycles. The van der Waals surface area contributed by atoms with E-state index in [0.717, 1.165) is 34.4 Å². The number of sulfonamides is 1. The molecular formula is C30H37N3O4S. The van der Waals surface area contributed by atoms with Gasteiger partial charge < -0.3 is 15.0 Å². The fraction of sp³-hybridized carbons (Fsp3) is 0.367. The van der Waals surface area contributed by atoms with Gasteiger partial charge in [-0.3, -0.25) is 9.10 Å². The van der Waals surface area contributed by atoms with E-state index in [1.54, 1.807) is 24.3 Å². The molecule has 1 aliphatic heterocycles. The molecule has 0 aliphatic carbocycles. The van der Waals surface area contributed by atoms with Crippen LogP contribution in [-0.2, 0) is 14.8 Å². The molecule has 1 fully saturated rings. The van der Waals surface area contributed by atoms with Crippen LogP contribution in [0, 0.1) is 12.8 Å². The lowest BCUT2D eigenvalue weighted by atomic mass is 9.98. The number of aryl methyl sites for hydroxylation is 1. The fourth-order valence-corrected chi connectivity index (χ4v) is 6.06. The number of anilines is 2. The number of carbonyl (C=O) groups excluding carboxylic acids is 1. The smallest absolute Gasteiger partial charge is 0.264 e. The van der Waals surface area contributed by atoms with Crippen LogP contribution in [0.3, 0.4) is 0 Å². The topological polar surface area (TPSA) is 79.0 Å². The molecule has 7 nitrogen and oxygen atoms in total. The van der Waals surface area contributed by atoms with E-state index < -0.39 is 10.0 Å². The highest BCUT2D eigenvalue weighted by Gasteiger charge is 2.28. The van der Waals surface area contributed by atoms with E-state index in [9.17, 15) is 13.2 Å². The number of hydrogen-bond acceptors (Lipinski definition) is 5. The first-order valence-corrected chi connectivity index (χ1v) is 14.5. The summed E-state index contributed by atoms with van der Waals surface area (Å²) in [6.45, 7) is 7.91. The number of carbonyl (C=O) groups is 1. The third-order valence-corrected chi connectivity index (χ3v) is 8.96. The largest absolute Gasteiger partial charge is 0.497 e. The first kappa shape index (κ1) is 27.5. The van der Waals surface area contributed by atoms with E-state index in [-0.39, 0.29) is 23.4 Å². The average molecular weight is 536 g/mol. The number of benzene rings is 3. The van der Waals surface area contributed by atoms with Gasteiger partial charge in [0.15, 0.2) is 0 Å². The van der Waals surface area contributed by atoms with E-state index in [4.69, 9.17) is 4.74 Å². The first-order chi connectivity index (χ1) is 18.2. The second-order valence-electron chi connectivity index (χ2n) is 10.1. The van der Waals surface area contributed by atoms with Gasteiger partial charge in [0.25, 0.3) is 10.0 Å². The summed E-state index contributed by atoms with van der Waals surface area (Å²) in [5.41, 5.74) is 3.58. The Labute approximate surface area is 226 Å². The van der Waals surface area contributed by atoms with E-state index in [0.29, 0.717) is 11.4 Å². The Morgan fingerprint density at radius 2 is 1.61 bits per heavy atom. The van der Waals surface area contributed by atoms with Crippen molar-refractivity contribution in [2.24, 2.45) is 5.92 Å². The van der Waals surface area contributed by atoms with Crippen LogP contribution in [0.4, 0.5) is 11.4 Å². The molecule has 0 aromatic heterocycles. The third kappa shape index (κ3) is 6.48. The van der Waals surface area contributed by atoms with Crippen LogP contribution < -0.4 is 19.3 Å². The fourth-order valence-electron chi connectivity index (χ4n) is 4.64. The number of methoxy groups -OCH3 is 1. The van der Waals surface area contributed by atoms with Crippen molar-refractivity contribution in [1.29, 1.82) is 0 Å². The summed E-state index contributed by atoms with van der Waals surface area (Å²) in [6.07, 6.45) is 2.40. The zero-order valence-electron chi connectivity index (χ0n) is 22.6. The predicted molar refractivity (Wildman–Crippen MR) is 152 cm³/mol. The minimum absolute atomic E-state index is 0.0856. The summed E-state index contributed by atoms with van der Waals surface area (Å²) in [6, 6.07) is 21.2. The van der Waals surface area contributed by atoms with E-state index in [1.165, 1.54) is 37.8 Å². The maximum absolute atomic E-state index is 13.6. The Kier molecular flexibility index (Phi) is 8.62. The highest BCUT2D eigenvalue weighted by molar-refractivity contribution is 7.92. The van der Waals surface area contributed by atoms with Crippen molar-refractivity contribution in [2.45, 2.75) is 44.6 Å². The lowest BCUT2D eigenvalue weighted by Gasteiger charge is -2.32. The minimum Gasteiger partial charge on any atom is -0.497 e. The van der Waals surface area contributed by atoms with E-state index >= 15 is 0 Å². The van der Waals surface area contributed by atoms with Crippen molar-refractivity contribution in [2.75, 3.05) is 35.9 Å². The first-order valence-electron chi connectivity index (χ1n) is 13.0.